The summed E-state index contributed by atoms with van der Waals surface area (Å²) in [5, 5.41) is 10.3. The van der Waals surface area contributed by atoms with E-state index < -0.39 is 12.0 Å². The van der Waals surface area contributed by atoms with Crippen molar-refractivity contribution in [1.29, 1.82) is 0 Å². The van der Waals surface area contributed by atoms with Crippen LogP contribution in [0.2, 0.25) is 0 Å². The summed E-state index contributed by atoms with van der Waals surface area (Å²) in [6, 6.07) is 15.4. The van der Waals surface area contributed by atoms with E-state index in [9.17, 15) is 9.90 Å². The molecule has 0 bridgehead atoms. The zero-order valence-electron chi connectivity index (χ0n) is 16.4. The molecule has 1 amide bonds. The summed E-state index contributed by atoms with van der Waals surface area (Å²) in [6.07, 6.45) is 3.80. The summed E-state index contributed by atoms with van der Waals surface area (Å²) < 4.78 is 7.68. The maximum atomic E-state index is 11.3. The summed E-state index contributed by atoms with van der Waals surface area (Å²) in [6.45, 7) is 1.72. The van der Waals surface area contributed by atoms with Crippen LogP contribution in [-0.4, -0.2) is 31.7 Å². The van der Waals surface area contributed by atoms with Crippen molar-refractivity contribution in [1.82, 2.24) is 14.5 Å². The highest BCUT2D eigenvalue weighted by atomic mass is 35.5. The molecule has 8 heteroatoms. The quantitative estimate of drug-likeness (QED) is 0.467. The maximum absolute atomic E-state index is 11.3. The Labute approximate surface area is 180 Å². The zero-order valence-corrected chi connectivity index (χ0v) is 17.2. The lowest BCUT2D eigenvalue weighted by Gasteiger charge is -2.21. The SMILES string of the molecule is C[C@H](O)[C@@H](CCc1cccc2oc(-c3ccccc3)nc12)n1cnc(C(N)=O)c1.Cl. The molecule has 0 spiro atoms. The number of fused-ring (bicyclic) bond motifs is 1. The Balaban J connectivity index is 0.00000256. The minimum atomic E-state index is -0.624. The smallest absolute Gasteiger partial charge is 0.268 e. The number of aliphatic hydroxyl groups is 1. The second-order valence-electron chi connectivity index (χ2n) is 7.07. The first-order chi connectivity index (χ1) is 14.0. The van der Waals surface area contributed by atoms with Gasteiger partial charge in [0.1, 0.15) is 11.2 Å². The fourth-order valence-corrected chi connectivity index (χ4v) is 3.50. The van der Waals surface area contributed by atoms with Crippen LogP contribution in [0.3, 0.4) is 0 Å². The molecule has 4 rings (SSSR count). The van der Waals surface area contributed by atoms with Crippen LogP contribution < -0.4 is 5.73 Å². The van der Waals surface area contributed by atoms with Crippen LogP contribution in [0.1, 0.15) is 35.4 Å². The second-order valence-corrected chi connectivity index (χ2v) is 7.07. The summed E-state index contributed by atoms with van der Waals surface area (Å²) >= 11 is 0. The molecule has 0 saturated heterocycles. The number of hydrogen-bond donors (Lipinski definition) is 2. The number of hydrogen-bond acceptors (Lipinski definition) is 5. The Kier molecular flexibility index (Phi) is 6.54. The molecule has 0 aliphatic carbocycles. The highest BCUT2D eigenvalue weighted by Gasteiger charge is 2.20. The molecule has 2 heterocycles. The van der Waals surface area contributed by atoms with Crippen molar-refractivity contribution in [2.75, 3.05) is 0 Å². The first-order valence-electron chi connectivity index (χ1n) is 9.48. The molecule has 0 saturated carbocycles. The van der Waals surface area contributed by atoms with Crippen LogP contribution >= 0.6 is 12.4 Å². The molecule has 0 aliphatic rings. The number of nitrogens with two attached hydrogens (primary N) is 1. The molecule has 0 unspecified atom stereocenters. The summed E-state index contributed by atoms with van der Waals surface area (Å²) in [5.74, 6) is -0.00487. The van der Waals surface area contributed by atoms with E-state index in [1.165, 1.54) is 6.33 Å². The van der Waals surface area contributed by atoms with E-state index in [4.69, 9.17) is 15.1 Å². The highest BCUT2D eigenvalue weighted by Crippen LogP contribution is 2.28. The van der Waals surface area contributed by atoms with Gasteiger partial charge >= 0.3 is 0 Å². The predicted octanol–water partition coefficient (Wildman–Crippen LogP) is 3.77. The number of oxazole rings is 1. The third-order valence-electron chi connectivity index (χ3n) is 5.03. The summed E-state index contributed by atoms with van der Waals surface area (Å²) in [7, 11) is 0. The highest BCUT2D eigenvalue weighted by molar-refractivity contribution is 5.90. The molecule has 2 aromatic carbocycles. The number of benzene rings is 2. The van der Waals surface area contributed by atoms with E-state index in [2.05, 4.69) is 4.98 Å². The van der Waals surface area contributed by atoms with E-state index in [-0.39, 0.29) is 24.1 Å². The van der Waals surface area contributed by atoms with Crippen molar-refractivity contribution in [2.24, 2.45) is 5.73 Å². The van der Waals surface area contributed by atoms with Gasteiger partial charge in [0.05, 0.1) is 18.5 Å². The molecule has 3 N–H and O–H groups in total. The average Bonchev–Trinajstić information content (AvgIpc) is 3.36. The third kappa shape index (κ3) is 4.37. The lowest BCUT2D eigenvalue weighted by atomic mass is 10.0. The Hall–Kier alpha value is -3.16. The molecule has 2 atom stereocenters. The number of aromatic nitrogens is 3. The van der Waals surface area contributed by atoms with Gasteiger partial charge in [-0.15, -0.1) is 12.4 Å². The van der Waals surface area contributed by atoms with Gasteiger partial charge in [-0.05, 0) is 43.5 Å². The van der Waals surface area contributed by atoms with Crippen LogP contribution in [0.25, 0.3) is 22.6 Å². The van der Waals surface area contributed by atoms with E-state index in [1.807, 2.05) is 48.5 Å². The second kappa shape index (κ2) is 9.11. The number of aliphatic hydroxyl groups excluding tert-OH is 1. The molecule has 30 heavy (non-hydrogen) atoms. The van der Waals surface area contributed by atoms with Crippen LogP contribution in [0.4, 0.5) is 0 Å². The Morgan fingerprint density at radius 3 is 2.63 bits per heavy atom. The van der Waals surface area contributed by atoms with Gasteiger partial charge in [-0.25, -0.2) is 9.97 Å². The van der Waals surface area contributed by atoms with E-state index >= 15 is 0 Å². The van der Waals surface area contributed by atoms with Gasteiger partial charge in [-0.2, -0.15) is 0 Å². The van der Waals surface area contributed by atoms with Gasteiger partial charge in [-0.1, -0.05) is 30.3 Å². The van der Waals surface area contributed by atoms with Crippen LogP contribution in [-0.2, 0) is 6.42 Å². The normalized spacial score (nSPS) is 13.0. The molecule has 7 nitrogen and oxygen atoms in total. The number of amides is 1. The van der Waals surface area contributed by atoms with Crippen molar-refractivity contribution in [3.05, 3.63) is 72.3 Å². The molecular weight excluding hydrogens is 404 g/mol. The molecule has 2 aromatic heterocycles. The lowest BCUT2D eigenvalue weighted by Crippen LogP contribution is -2.21. The van der Waals surface area contributed by atoms with Gasteiger partial charge in [0, 0.05) is 11.8 Å². The average molecular weight is 427 g/mol. The summed E-state index contributed by atoms with van der Waals surface area (Å²) in [5.41, 5.74) is 8.98. The van der Waals surface area contributed by atoms with Gasteiger partial charge in [0.15, 0.2) is 5.58 Å². The standard InChI is InChI=1S/C22H22N4O3.ClH/c1-14(27)18(26-12-17(21(23)28)24-13-26)11-10-15-8-5-9-19-20(15)25-22(29-19)16-6-3-2-4-7-16;/h2-9,12-14,18,27H,10-11H2,1H3,(H2,23,28);1H/t14-,18+;/m0./s1. The minimum Gasteiger partial charge on any atom is -0.436 e. The Morgan fingerprint density at radius 2 is 1.97 bits per heavy atom. The fraction of sp³-hybridized carbons (Fsp3) is 0.227. The van der Waals surface area contributed by atoms with Gasteiger partial charge < -0.3 is 19.8 Å². The summed E-state index contributed by atoms with van der Waals surface area (Å²) in [4.78, 5) is 20.0. The Bertz CT molecular complexity index is 1140. The number of carbonyl (C=O) groups excluding carboxylic acids is 1. The molecular formula is C22H23ClN4O3. The van der Waals surface area contributed by atoms with Crippen molar-refractivity contribution < 1.29 is 14.3 Å². The largest absolute Gasteiger partial charge is 0.436 e. The first-order valence-corrected chi connectivity index (χ1v) is 9.48. The van der Waals surface area contributed by atoms with Crippen molar-refractivity contribution in [3.8, 4) is 11.5 Å². The van der Waals surface area contributed by atoms with Crippen molar-refractivity contribution in [3.63, 3.8) is 0 Å². The number of imidazole rings is 1. The zero-order chi connectivity index (χ0) is 20.4. The monoisotopic (exact) mass is 426 g/mol. The van der Waals surface area contributed by atoms with E-state index in [1.54, 1.807) is 17.7 Å². The molecule has 0 fully saturated rings. The van der Waals surface area contributed by atoms with Crippen molar-refractivity contribution in [2.45, 2.75) is 31.9 Å². The topological polar surface area (TPSA) is 107 Å². The first kappa shape index (κ1) is 21.5. The Morgan fingerprint density at radius 1 is 1.20 bits per heavy atom. The number of aryl methyl sites for hydroxylation is 1. The lowest BCUT2D eigenvalue weighted by molar-refractivity contribution is 0.0994. The number of primary amides is 1. The van der Waals surface area contributed by atoms with Crippen LogP contribution in [0, 0.1) is 0 Å². The fourth-order valence-electron chi connectivity index (χ4n) is 3.50. The van der Waals surface area contributed by atoms with Gasteiger partial charge in [0.25, 0.3) is 5.91 Å². The van der Waals surface area contributed by atoms with E-state index in [0.29, 0.717) is 18.7 Å². The molecule has 0 radical (unpaired) electrons. The van der Waals surface area contributed by atoms with Crippen molar-refractivity contribution >= 4 is 29.4 Å². The van der Waals surface area contributed by atoms with Crippen LogP contribution in [0.15, 0.2) is 65.5 Å². The number of halogens is 1. The molecule has 4 aromatic rings. The number of nitrogens with zero attached hydrogens (tertiary/aromatic N) is 3. The van der Waals surface area contributed by atoms with Gasteiger partial charge in [-0.3, -0.25) is 4.79 Å². The van der Waals surface area contributed by atoms with Gasteiger partial charge in [0.2, 0.25) is 5.89 Å². The minimum absolute atomic E-state index is 0. The third-order valence-corrected chi connectivity index (χ3v) is 5.03. The molecule has 156 valence electrons. The molecule has 0 aliphatic heterocycles. The van der Waals surface area contributed by atoms with E-state index in [0.717, 1.165) is 22.2 Å². The number of carbonyl (C=O) groups is 1. The number of para-hydroxylation sites is 1. The predicted molar refractivity (Wildman–Crippen MR) is 116 cm³/mol. The number of rotatable bonds is 7. The van der Waals surface area contributed by atoms with Crippen LogP contribution in [0.5, 0.6) is 0 Å². The maximum Gasteiger partial charge on any atom is 0.268 e.